The summed E-state index contributed by atoms with van der Waals surface area (Å²) in [5, 5.41) is 8.16. The Kier molecular flexibility index (Phi) is 4.84. The van der Waals surface area contributed by atoms with Crippen LogP contribution in [0.5, 0.6) is 0 Å². The first kappa shape index (κ1) is 18.8. The lowest BCUT2D eigenvalue weighted by molar-refractivity contribution is 0.102. The van der Waals surface area contributed by atoms with Gasteiger partial charge in [-0.25, -0.2) is 14.1 Å². The highest BCUT2D eigenvalue weighted by atomic mass is 19.1. The van der Waals surface area contributed by atoms with E-state index in [1.807, 2.05) is 38.1 Å². The van der Waals surface area contributed by atoms with E-state index >= 15 is 0 Å². The maximum atomic E-state index is 13.7. The van der Waals surface area contributed by atoms with Crippen LogP contribution in [0.4, 0.5) is 10.1 Å². The Labute approximate surface area is 168 Å². The highest BCUT2D eigenvalue weighted by Gasteiger charge is 2.20. The van der Waals surface area contributed by atoms with Gasteiger partial charge in [-0.05, 0) is 62.2 Å². The first-order chi connectivity index (χ1) is 14.0. The molecule has 1 N–H and O–H groups in total. The molecule has 0 saturated carbocycles. The number of aromatic nitrogens is 3. The summed E-state index contributed by atoms with van der Waals surface area (Å²) in [4.78, 5) is 17.7. The van der Waals surface area contributed by atoms with Gasteiger partial charge in [0.2, 0.25) is 0 Å². The van der Waals surface area contributed by atoms with E-state index in [0.717, 1.165) is 17.7 Å². The Bertz CT molecular complexity index is 1230. The fourth-order valence-corrected chi connectivity index (χ4v) is 3.45. The van der Waals surface area contributed by atoms with Gasteiger partial charge in [-0.1, -0.05) is 25.1 Å². The lowest BCUT2D eigenvalue weighted by Crippen LogP contribution is -2.13. The number of carbonyl (C=O) groups is 1. The number of benzene rings is 2. The number of pyridine rings is 1. The summed E-state index contributed by atoms with van der Waals surface area (Å²) in [6.45, 7) is 5.72. The molecule has 6 heteroatoms. The van der Waals surface area contributed by atoms with Gasteiger partial charge in [-0.2, -0.15) is 5.10 Å². The Morgan fingerprint density at radius 2 is 1.90 bits per heavy atom. The molecule has 4 aromatic rings. The fraction of sp³-hybridized carbons (Fsp3) is 0.174. The van der Waals surface area contributed by atoms with Gasteiger partial charge in [0.1, 0.15) is 5.82 Å². The molecule has 0 saturated heterocycles. The predicted molar refractivity (Wildman–Crippen MR) is 112 cm³/mol. The van der Waals surface area contributed by atoms with E-state index in [4.69, 9.17) is 0 Å². The zero-order valence-electron chi connectivity index (χ0n) is 16.5. The van der Waals surface area contributed by atoms with Crippen molar-refractivity contribution in [3.63, 3.8) is 0 Å². The van der Waals surface area contributed by atoms with E-state index in [-0.39, 0.29) is 11.7 Å². The van der Waals surface area contributed by atoms with Crippen LogP contribution in [-0.4, -0.2) is 20.7 Å². The molecule has 0 fully saturated rings. The molecule has 0 aliphatic heterocycles. The van der Waals surface area contributed by atoms with Crippen LogP contribution >= 0.6 is 0 Å². The number of amides is 1. The van der Waals surface area contributed by atoms with Gasteiger partial charge in [0.05, 0.1) is 22.3 Å². The molecule has 2 heterocycles. The Balaban J connectivity index is 1.82. The number of hydrogen-bond donors (Lipinski definition) is 1. The molecule has 4 rings (SSSR count). The van der Waals surface area contributed by atoms with Gasteiger partial charge in [-0.3, -0.25) is 4.79 Å². The number of nitrogens with one attached hydrogen (secondary N) is 1. The summed E-state index contributed by atoms with van der Waals surface area (Å²) in [5.41, 5.74) is 4.81. The zero-order valence-corrected chi connectivity index (χ0v) is 16.5. The molecule has 1 amide bonds. The number of rotatable bonds is 4. The third-order valence-corrected chi connectivity index (χ3v) is 4.83. The summed E-state index contributed by atoms with van der Waals surface area (Å²) in [6.07, 6.45) is 0.891. The number of hydrogen-bond acceptors (Lipinski definition) is 3. The average molecular weight is 388 g/mol. The number of halogens is 1. The second-order valence-corrected chi connectivity index (χ2v) is 6.99. The Morgan fingerprint density at radius 3 is 2.66 bits per heavy atom. The normalized spacial score (nSPS) is 11.0. The van der Waals surface area contributed by atoms with Gasteiger partial charge < -0.3 is 5.32 Å². The maximum absolute atomic E-state index is 13.7. The number of carbonyl (C=O) groups excluding carboxylic acids is 1. The van der Waals surface area contributed by atoms with E-state index < -0.39 is 0 Å². The van der Waals surface area contributed by atoms with E-state index in [9.17, 15) is 9.18 Å². The SMILES string of the molecule is CCc1cccc(NC(=O)c2cc(C)nc3c2c(C)nn3-c2cccc(F)c2)c1. The molecule has 0 atom stereocenters. The number of anilines is 1. The third-order valence-electron chi connectivity index (χ3n) is 4.83. The maximum Gasteiger partial charge on any atom is 0.256 e. The second-order valence-electron chi connectivity index (χ2n) is 6.99. The first-order valence-electron chi connectivity index (χ1n) is 9.49. The molecular formula is C23H21FN4O. The molecule has 5 nitrogen and oxygen atoms in total. The lowest BCUT2D eigenvalue weighted by atomic mass is 10.1. The molecule has 0 unspecified atom stereocenters. The van der Waals surface area contributed by atoms with Gasteiger partial charge in [0.25, 0.3) is 5.91 Å². The van der Waals surface area contributed by atoms with Crippen molar-refractivity contribution in [3.8, 4) is 5.69 Å². The minimum atomic E-state index is -0.356. The lowest BCUT2D eigenvalue weighted by Gasteiger charge is -2.09. The molecular weight excluding hydrogens is 367 g/mol. The molecule has 0 aliphatic carbocycles. The van der Waals surface area contributed by atoms with Crippen molar-refractivity contribution < 1.29 is 9.18 Å². The Hall–Kier alpha value is -3.54. The highest BCUT2D eigenvalue weighted by molar-refractivity contribution is 6.12. The van der Waals surface area contributed by atoms with Crippen molar-refractivity contribution in [1.29, 1.82) is 0 Å². The molecule has 29 heavy (non-hydrogen) atoms. The summed E-state index contributed by atoms with van der Waals surface area (Å²) in [5.74, 6) is -0.583. The van der Waals surface area contributed by atoms with E-state index in [1.54, 1.807) is 22.9 Å². The van der Waals surface area contributed by atoms with E-state index in [1.165, 1.54) is 12.1 Å². The van der Waals surface area contributed by atoms with Crippen LogP contribution in [0.25, 0.3) is 16.7 Å². The van der Waals surface area contributed by atoms with Crippen LogP contribution in [0.1, 0.15) is 34.2 Å². The number of aryl methyl sites for hydroxylation is 3. The summed E-state index contributed by atoms with van der Waals surface area (Å²) in [6, 6.07) is 15.7. The van der Waals surface area contributed by atoms with Gasteiger partial charge in [-0.15, -0.1) is 0 Å². The summed E-state index contributed by atoms with van der Waals surface area (Å²) in [7, 11) is 0. The number of fused-ring (bicyclic) bond motifs is 1. The monoisotopic (exact) mass is 388 g/mol. The van der Waals surface area contributed by atoms with Crippen LogP contribution in [0.15, 0.2) is 54.6 Å². The topological polar surface area (TPSA) is 59.8 Å². The van der Waals surface area contributed by atoms with Crippen molar-refractivity contribution in [2.24, 2.45) is 0 Å². The van der Waals surface area contributed by atoms with Gasteiger partial charge in [0.15, 0.2) is 5.65 Å². The molecule has 0 radical (unpaired) electrons. The van der Waals surface area contributed by atoms with Crippen LogP contribution in [0.3, 0.4) is 0 Å². The minimum Gasteiger partial charge on any atom is -0.322 e. The van der Waals surface area contributed by atoms with Gasteiger partial charge >= 0.3 is 0 Å². The largest absolute Gasteiger partial charge is 0.322 e. The van der Waals surface area contributed by atoms with Crippen LogP contribution in [-0.2, 0) is 6.42 Å². The summed E-state index contributed by atoms with van der Waals surface area (Å²) >= 11 is 0. The standard InChI is InChI=1S/C23H21FN4O/c1-4-16-7-5-9-18(12-16)26-23(29)20-11-14(2)25-22-21(20)15(3)27-28(22)19-10-6-8-17(24)13-19/h5-13H,4H2,1-3H3,(H,26,29). The van der Waals surface area contributed by atoms with Crippen molar-refractivity contribution in [1.82, 2.24) is 14.8 Å². The number of nitrogens with zero attached hydrogens (tertiary/aromatic N) is 3. The molecule has 0 aliphatic rings. The van der Waals surface area contributed by atoms with Crippen molar-refractivity contribution in [2.45, 2.75) is 27.2 Å². The third kappa shape index (κ3) is 3.61. The quantitative estimate of drug-likeness (QED) is 0.536. The average Bonchev–Trinajstić information content (AvgIpc) is 3.03. The zero-order chi connectivity index (χ0) is 20.5. The molecule has 2 aromatic heterocycles. The van der Waals surface area contributed by atoms with E-state index in [2.05, 4.69) is 22.3 Å². The molecule has 0 spiro atoms. The van der Waals surface area contributed by atoms with E-state index in [0.29, 0.717) is 33.7 Å². The van der Waals surface area contributed by atoms with Crippen molar-refractivity contribution >= 4 is 22.6 Å². The van der Waals surface area contributed by atoms with Crippen LogP contribution in [0.2, 0.25) is 0 Å². The molecule has 0 bridgehead atoms. The molecule has 146 valence electrons. The predicted octanol–water partition coefficient (Wildman–Crippen LogP) is 4.99. The fourth-order valence-electron chi connectivity index (χ4n) is 3.45. The second kappa shape index (κ2) is 7.47. The Morgan fingerprint density at radius 1 is 1.10 bits per heavy atom. The minimum absolute atomic E-state index is 0.226. The van der Waals surface area contributed by atoms with Crippen molar-refractivity contribution in [3.05, 3.63) is 82.9 Å². The highest BCUT2D eigenvalue weighted by Crippen LogP contribution is 2.26. The smallest absolute Gasteiger partial charge is 0.256 e. The summed E-state index contributed by atoms with van der Waals surface area (Å²) < 4.78 is 15.3. The van der Waals surface area contributed by atoms with Crippen LogP contribution < -0.4 is 5.32 Å². The molecule has 2 aromatic carbocycles. The van der Waals surface area contributed by atoms with Crippen molar-refractivity contribution in [2.75, 3.05) is 5.32 Å². The van der Waals surface area contributed by atoms with Crippen LogP contribution in [0, 0.1) is 19.7 Å². The first-order valence-corrected chi connectivity index (χ1v) is 9.49. The van der Waals surface area contributed by atoms with Gasteiger partial charge in [0, 0.05) is 11.4 Å².